The van der Waals surface area contributed by atoms with Gasteiger partial charge in [0.05, 0.1) is 28.8 Å². The summed E-state index contributed by atoms with van der Waals surface area (Å²) in [6.07, 6.45) is 0.370. The Kier molecular flexibility index (Phi) is 5.41. The predicted molar refractivity (Wildman–Crippen MR) is 100 cm³/mol. The molecule has 2 aliphatic rings. The molecule has 8 heteroatoms. The van der Waals surface area contributed by atoms with Crippen molar-refractivity contribution < 1.29 is 13.2 Å². The molecule has 3 rings (SSSR count). The van der Waals surface area contributed by atoms with E-state index in [0.717, 1.165) is 17.8 Å². The van der Waals surface area contributed by atoms with Gasteiger partial charge in [-0.25, -0.2) is 0 Å². The normalized spacial score (nSPS) is 28.4. The molecule has 0 aliphatic carbocycles. The van der Waals surface area contributed by atoms with E-state index in [2.05, 4.69) is 28.5 Å². The second-order valence-corrected chi connectivity index (χ2v) is 7.46. The number of benzene rings is 1. The van der Waals surface area contributed by atoms with Crippen molar-refractivity contribution in [1.82, 2.24) is 20.9 Å². The fraction of sp³-hybridized carbons (Fsp3) is 0.450. The zero-order valence-electron chi connectivity index (χ0n) is 15.9. The first-order valence-corrected chi connectivity index (χ1v) is 9.12. The maximum absolute atomic E-state index is 12.9. The van der Waals surface area contributed by atoms with Gasteiger partial charge in [-0.15, -0.1) is 12.1 Å². The number of likely N-dealkylation sites (tertiary alicyclic amines) is 1. The summed E-state index contributed by atoms with van der Waals surface area (Å²) >= 11 is 0. The topological polar surface area (TPSA) is 54.3 Å². The number of hydrogen-bond donors (Lipinski definition) is 2. The van der Waals surface area contributed by atoms with Gasteiger partial charge in [-0.3, -0.25) is 9.91 Å². The van der Waals surface area contributed by atoms with E-state index in [0.29, 0.717) is 24.9 Å². The zero-order chi connectivity index (χ0) is 20.5. The molecule has 5 nitrogen and oxygen atoms in total. The fourth-order valence-corrected chi connectivity index (χ4v) is 4.17. The monoisotopic (exact) mass is 391 g/mol. The van der Waals surface area contributed by atoms with E-state index in [1.807, 2.05) is 26.2 Å². The standard InChI is InChI=1S/C20H24F3N5/c1-4-9-28-14(2)10-19(13-24,11-18(28)17-12-27(3)26-25-17)15-5-7-16(8-6-15)20(21,22)23/h4-8,12,14,18,25-26H,1,9-11H2,2-3H3/t14-,18-,19+/m0/s1. The lowest BCUT2D eigenvalue weighted by Gasteiger charge is -2.47. The molecule has 0 radical (unpaired) electrons. The van der Waals surface area contributed by atoms with Gasteiger partial charge < -0.3 is 5.43 Å². The van der Waals surface area contributed by atoms with Gasteiger partial charge in [0, 0.05) is 25.8 Å². The molecule has 150 valence electrons. The molecule has 1 aromatic rings. The zero-order valence-corrected chi connectivity index (χ0v) is 15.9. The molecule has 1 fully saturated rings. The minimum Gasteiger partial charge on any atom is -0.305 e. The highest BCUT2D eigenvalue weighted by Gasteiger charge is 2.46. The molecule has 0 bridgehead atoms. The highest BCUT2D eigenvalue weighted by molar-refractivity contribution is 5.38. The lowest BCUT2D eigenvalue weighted by Crippen LogP contribution is -2.55. The largest absolute Gasteiger partial charge is 0.416 e. The van der Waals surface area contributed by atoms with Crippen LogP contribution in [0, 0.1) is 11.3 Å². The van der Waals surface area contributed by atoms with Gasteiger partial charge in [-0.05, 0) is 37.5 Å². The maximum atomic E-state index is 12.9. The van der Waals surface area contributed by atoms with E-state index in [9.17, 15) is 18.4 Å². The Labute approximate surface area is 163 Å². The summed E-state index contributed by atoms with van der Waals surface area (Å²) < 4.78 is 38.8. The third-order valence-corrected chi connectivity index (χ3v) is 5.54. The van der Waals surface area contributed by atoms with Crippen LogP contribution in [-0.2, 0) is 11.6 Å². The first kappa shape index (κ1) is 20.2. The maximum Gasteiger partial charge on any atom is 0.416 e. The molecular formula is C20H24F3N5. The van der Waals surface area contributed by atoms with Gasteiger partial charge in [-0.1, -0.05) is 18.2 Å². The van der Waals surface area contributed by atoms with Gasteiger partial charge in [0.1, 0.15) is 0 Å². The summed E-state index contributed by atoms with van der Waals surface area (Å²) in [5.74, 6) is 0. The lowest BCUT2D eigenvalue weighted by molar-refractivity contribution is -0.137. The van der Waals surface area contributed by atoms with Gasteiger partial charge in [0.25, 0.3) is 0 Å². The Balaban J connectivity index is 1.98. The van der Waals surface area contributed by atoms with Crippen molar-refractivity contribution >= 4 is 0 Å². The summed E-state index contributed by atoms with van der Waals surface area (Å²) in [5, 5.41) is 11.9. The minimum atomic E-state index is -4.39. The first-order chi connectivity index (χ1) is 13.2. The highest BCUT2D eigenvalue weighted by atomic mass is 19.4. The molecule has 1 saturated heterocycles. The molecular weight excluding hydrogens is 367 g/mol. The number of rotatable bonds is 4. The van der Waals surface area contributed by atoms with Crippen molar-refractivity contribution in [3.8, 4) is 6.07 Å². The van der Waals surface area contributed by atoms with E-state index in [1.165, 1.54) is 12.1 Å². The van der Waals surface area contributed by atoms with Gasteiger partial charge in [0.2, 0.25) is 0 Å². The van der Waals surface area contributed by atoms with Gasteiger partial charge >= 0.3 is 6.18 Å². The number of nitriles is 1. The van der Waals surface area contributed by atoms with E-state index >= 15 is 0 Å². The van der Waals surface area contributed by atoms with E-state index < -0.39 is 17.2 Å². The van der Waals surface area contributed by atoms with Crippen LogP contribution in [0.3, 0.4) is 0 Å². The van der Waals surface area contributed by atoms with Gasteiger partial charge in [-0.2, -0.15) is 18.4 Å². The number of piperidine rings is 1. The van der Waals surface area contributed by atoms with Crippen molar-refractivity contribution in [3.63, 3.8) is 0 Å². The third-order valence-electron chi connectivity index (χ3n) is 5.54. The lowest BCUT2D eigenvalue weighted by atomic mass is 9.68. The summed E-state index contributed by atoms with van der Waals surface area (Å²) in [5.41, 5.74) is 6.09. The number of hydrazine groups is 2. The van der Waals surface area contributed by atoms with Crippen molar-refractivity contribution in [1.29, 1.82) is 5.26 Å². The smallest absolute Gasteiger partial charge is 0.305 e. The summed E-state index contributed by atoms with van der Waals surface area (Å²) in [4.78, 5) is 2.26. The van der Waals surface area contributed by atoms with Crippen LogP contribution in [-0.4, -0.2) is 35.6 Å². The van der Waals surface area contributed by atoms with Crippen molar-refractivity contribution in [2.45, 2.75) is 43.4 Å². The van der Waals surface area contributed by atoms with Crippen molar-refractivity contribution in [3.05, 3.63) is 59.9 Å². The molecule has 0 aromatic heterocycles. The van der Waals surface area contributed by atoms with Crippen molar-refractivity contribution in [2.24, 2.45) is 0 Å². The van der Waals surface area contributed by atoms with Crippen LogP contribution in [0.15, 0.2) is 48.8 Å². The average Bonchev–Trinajstić information content (AvgIpc) is 3.09. The summed E-state index contributed by atoms with van der Waals surface area (Å²) in [6, 6.07) is 7.39. The molecule has 0 spiro atoms. The highest BCUT2D eigenvalue weighted by Crippen LogP contribution is 2.43. The van der Waals surface area contributed by atoms with Crippen LogP contribution in [0.2, 0.25) is 0 Å². The first-order valence-electron chi connectivity index (χ1n) is 9.12. The molecule has 28 heavy (non-hydrogen) atoms. The SMILES string of the molecule is C=CCN1[C@@H](C)C[C@@](C#N)(c2ccc(C(F)(F)F)cc2)C[C@H]1C1=CN(C)NN1. The van der Waals surface area contributed by atoms with Crippen LogP contribution >= 0.6 is 0 Å². The molecule has 3 atom stereocenters. The number of nitrogens with zero attached hydrogens (tertiary/aromatic N) is 3. The molecule has 0 saturated carbocycles. The number of nitrogens with one attached hydrogen (secondary N) is 2. The number of halogens is 3. The molecule has 0 amide bonds. The van der Waals surface area contributed by atoms with Crippen LogP contribution in [0.1, 0.15) is 30.9 Å². The predicted octanol–water partition coefficient (Wildman–Crippen LogP) is 3.30. The van der Waals surface area contributed by atoms with Crippen LogP contribution in [0.5, 0.6) is 0 Å². The second kappa shape index (κ2) is 7.49. The van der Waals surface area contributed by atoms with Crippen LogP contribution < -0.4 is 11.0 Å². The van der Waals surface area contributed by atoms with E-state index in [4.69, 9.17) is 0 Å². The van der Waals surface area contributed by atoms with Gasteiger partial charge in [0.15, 0.2) is 0 Å². The Morgan fingerprint density at radius 1 is 1.32 bits per heavy atom. The average molecular weight is 391 g/mol. The number of hydrogen-bond acceptors (Lipinski definition) is 5. The molecule has 0 unspecified atom stereocenters. The Morgan fingerprint density at radius 3 is 2.50 bits per heavy atom. The van der Waals surface area contributed by atoms with Crippen LogP contribution in [0.25, 0.3) is 0 Å². The third kappa shape index (κ3) is 3.73. The Morgan fingerprint density at radius 2 is 2.00 bits per heavy atom. The second-order valence-electron chi connectivity index (χ2n) is 7.46. The molecule has 1 aromatic carbocycles. The molecule has 2 aliphatic heterocycles. The molecule has 2 heterocycles. The minimum absolute atomic E-state index is 0.0484. The van der Waals surface area contributed by atoms with Crippen LogP contribution in [0.4, 0.5) is 13.2 Å². The summed E-state index contributed by atoms with van der Waals surface area (Å²) in [6.45, 7) is 6.53. The quantitative estimate of drug-likeness (QED) is 0.772. The van der Waals surface area contributed by atoms with E-state index in [-0.39, 0.29) is 12.1 Å². The summed E-state index contributed by atoms with van der Waals surface area (Å²) in [7, 11) is 1.86. The van der Waals surface area contributed by atoms with E-state index in [1.54, 1.807) is 5.01 Å². The molecule has 2 N–H and O–H groups in total. The fourth-order valence-electron chi connectivity index (χ4n) is 4.17. The number of alkyl halides is 3. The van der Waals surface area contributed by atoms with Crippen molar-refractivity contribution in [2.75, 3.05) is 13.6 Å². The Hall–Kier alpha value is -2.50. The Bertz CT molecular complexity index is 796.